The minimum atomic E-state index is 0.0341. The second-order valence-corrected chi connectivity index (χ2v) is 4.13. The van der Waals surface area contributed by atoms with Gasteiger partial charge in [-0.25, -0.2) is 0 Å². The Hall–Kier alpha value is -1.05. The summed E-state index contributed by atoms with van der Waals surface area (Å²) in [7, 11) is 0. The molecule has 0 aromatic carbocycles. The third-order valence-corrected chi connectivity index (χ3v) is 2.35. The summed E-state index contributed by atoms with van der Waals surface area (Å²) in [6, 6.07) is 0. The lowest BCUT2D eigenvalue weighted by molar-refractivity contribution is -0.124. The van der Waals surface area contributed by atoms with Crippen LogP contribution in [0.25, 0.3) is 0 Å². The van der Waals surface area contributed by atoms with Gasteiger partial charge in [0.05, 0.1) is 0 Å². The summed E-state index contributed by atoms with van der Waals surface area (Å²) in [6.45, 7) is 8.59. The lowest BCUT2D eigenvalue weighted by Gasteiger charge is -2.24. The average molecular weight is 193 g/mol. The Bertz CT molecular complexity index is 253. The molecule has 2 heteroatoms. The second kappa shape index (κ2) is 4.99. The van der Waals surface area contributed by atoms with E-state index in [1.54, 1.807) is 0 Å². The highest BCUT2D eigenvalue weighted by Crippen LogP contribution is 2.22. The summed E-state index contributed by atoms with van der Waals surface area (Å²) in [5.41, 5.74) is 1.18. The van der Waals surface area contributed by atoms with Crippen molar-refractivity contribution in [3.05, 3.63) is 24.4 Å². The summed E-state index contributed by atoms with van der Waals surface area (Å²) < 4.78 is 0. The van der Waals surface area contributed by atoms with Gasteiger partial charge in [-0.05, 0) is 31.3 Å². The lowest BCUT2D eigenvalue weighted by atomic mass is 10.2. The smallest absolute Gasteiger partial charge is 0.250 e. The molecule has 0 radical (unpaired) electrons. The van der Waals surface area contributed by atoms with Gasteiger partial charge in [0.1, 0.15) is 0 Å². The minimum Gasteiger partial charge on any atom is -0.313 e. The summed E-state index contributed by atoms with van der Waals surface area (Å²) >= 11 is 0. The van der Waals surface area contributed by atoms with E-state index in [2.05, 4.69) is 26.5 Å². The van der Waals surface area contributed by atoms with E-state index in [-0.39, 0.29) is 5.91 Å². The molecule has 0 atom stereocenters. The normalized spacial score (nSPS) is 15.5. The van der Waals surface area contributed by atoms with Crippen LogP contribution in [-0.4, -0.2) is 17.4 Å². The number of carbonyl (C=O) groups is 1. The highest BCUT2D eigenvalue weighted by Gasteiger charge is 2.18. The molecule has 0 aromatic heterocycles. The van der Waals surface area contributed by atoms with E-state index in [0.717, 1.165) is 19.4 Å². The summed E-state index contributed by atoms with van der Waals surface area (Å²) in [5, 5.41) is 0. The second-order valence-electron chi connectivity index (χ2n) is 4.13. The van der Waals surface area contributed by atoms with Gasteiger partial charge < -0.3 is 4.90 Å². The topological polar surface area (TPSA) is 20.3 Å². The molecule has 0 fully saturated rings. The molecule has 0 saturated heterocycles. The van der Waals surface area contributed by atoms with Crippen LogP contribution in [0.2, 0.25) is 0 Å². The highest BCUT2D eigenvalue weighted by molar-refractivity contribution is 5.88. The van der Waals surface area contributed by atoms with Crippen molar-refractivity contribution >= 4 is 5.91 Å². The van der Waals surface area contributed by atoms with Crippen molar-refractivity contribution < 1.29 is 4.79 Å². The van der Waals surface area contributed by atoms with Crippen molar-refractivity contribution in [2.45, 2.75) is 33.1 Å². The van der Waals surface area contributed by atoms with Gasteiger partial charge in [0.2, 0.25) is 5.91 Å². The molecule has 0 heterocycles. The maximum absolute atomic E-state index is 11.6. The van der Waals surface area contributed by atoms with Crippen LogP contribution in [0.5, 0.6) is 0 Å². The van der Waals surface area contributed by atoms with Crippen molar-refractivity contribution in [3.8, 4) is 0 Å². The number of rotatable bonds is 4. The van der Waals surface area contributed by atoms with Crippen LogP contribution in [0.1, 0.15) is 33.1 Å². The summed E-state index contributed by atoms with van der Waals surface area (Å²) in [6.07, 6.45) is 6.89. The average Bonchev–Trinajstić information content (AvgIpc) is 2.65. The van der Waals surface area contributed by atoms with Gasteiger partial charge in [0.25, 0.3) is 0 Å². The zero-order chi connectivity index (χ0) is 10.6. The Kier molecular flexibility index (Phi) is 3.93. The van der Waals surface area contributed by atoms with E-state index < -0.39 is 0 Å². The maximum atomic E-state index is 11.6. The Labute approximate surface area is 86.3 Å². The molecule has 78 valence electrons. The number of hydrogen-bond acceptors (Lipinski definition) is 1. The summed E-state index contributed by atoms with van der Waals surface area (Å²) in [5.74, 6) is 0.534. The van der Waals surface area contributed by atoms with Gasteiger partial charge in [-0.15, -0.1) is 0 Å². The van der Waals surface area contributed by atoms with E-state index in [9.17, 15) is 4.79 Å². The molecule has 0 aliphatic heterocycles. The van der Waals surface area contributed by atoms with E-state index in [1.807, 2.05) is 4.90 Å². The predicted molar refractivity (Wildman–Crippen MR) is 58.7 cm³/mol. The maximum Gasteiger partial charge on any atom is 0.250 e. The third-order valence-electron chi connectivity index (χ3n) is 2.35. The molecule has 0 unspecified atom stereocenters. The largest absolute Gasteiger partial charge is 0.313 e. The van der Waals surface area contributed by atoms with E-state index >= 15 is 0 Å². The molecule has 0 bridgehead atoms. The number of nitrogens with zero attached hydrogens (tertiary/aromatic N) is 1. The quantitative estimate of drug-likeness (QED) is 0.629. The van der Waals surface area contributed by atoms with Gasteiger partial charge in [-0.2, -0.15) is 0 Å². The standard InChI is InChI=1S/C12H19NO/c1-4-12(14)13(9-10(2)3)11-7-5-6-8-11/h4,7,10H,1,5-6,8-9H2,2-3H3. The zero-order valence-corrected chi connectivity index (χ0v) is 9.12. The van der Waals surface area contributed by atoms with Crippen molar-refractivity contribution in [2.24, 2.45) is 5.92 Å². The minimum absolute atomic E-state index is 0.0341. The van der Waals surface area contributed by atoms with E-state index in [0.29, 0.717) is 5.92 Å². The van der Waals surface area contributed by atoms with Crippen LogP contribution in [0.15, 0.2) is 24.4 Å². The molecular weight excluding hydrogens is 174 g/mol. The molecular formula is C12H19NO. The lowest BCUT2D eigenvalue weighted by Crippen LogP contribution is -2.31. The first-order valence-electron chi connectivity index (χ1n) is 5.28. The van der Waals surface area contributed by atoms with Crippen LogP contribution < -0.4 is 0 Å². The molecule has 0 N–H and O–H groups in total. The van der Waals surface area contributed by atoms with Crippen LogP contribution >= 0.6 is 0 Å². The number of carbonyl (C=O) groups excluding carboxylic acids is 1. The molecule has 1 rings (SSSR count). The Morgan fingerprint density at radius 3 is 2.86 bits per heavy atom. The molecule has 0 spiro atoms. The number of amides is 1. The molecule has 14 heavy (non-hydrogen) atoms. The molecule has 0 saturated carbocycles. The first-order valence-corrected chi connectivity index (χ1v) is 5.28. The molecule has 1 aliphatic rings. The summed E-state index contributed by atoms with van der Waals surface area (Å²) in [4.78, 5) is 13.5. The SMILES string of the molecule is C=CC(=O)N(CC(C)C)C1=CCCC1. The Balaban J connectivity index is 2.70. The number of hydrogen-bond donors (Lipinski definition) is 0. The van der Waals surface area contributed by atoms with Gasteiger partial charge in [0, 0.05) is 12.2 Å². The van der Waals surface area contributed by atoms with Gasteiger partial charge in [0.15, 0.2) is 0 Å². The van der Waals surface area contributed by atoms with Gasteiger partial charge in [-0.3, -0.25) is 4.79 Å². The zero-order valence-electron chi connectivity index (χ0n) is 9.12. The van der Waals surface area contributed by atoms with Crippen LogP contribution in [0, 0.1) is 5.92 Å². The van der Waals surface area contributed by atoms with Crippen LogP contribution in [0.4, 0.5) is 0 Å². The predicted octanol–water partition coefficient (Wildman–Crippen LogP) is 2.72. The third kappa shape index (κ3) is 2.72. The molecule has 2 nitrogen and oxygen atoms in total. The van der Waals surface area contributed by atoms with Crippen molar-refractivity contribution in [3.63, 3.8) is 0 Å². The first kappa shape index (κ1) is 11.0. The van der Waals surface area contributed by atoms with Gasteiger partial charge in [-0.1, -0.05) is 26.5 Å². The van der Waals surface area contributed by atoms with Crippen LogP contribution in [-0.2, 0) is 4.79 Å². The molecule has 1 amide bonds. The fraction of sp³-hybridized carbons (Fsp3) is 0.583. The van der Waals surface area contributed by atoms with Crippen LogP contribution in [0.3, 0.4) is 0 Å². The van der Waals surface area contributed by atoms with Gasteiger partial charge >= 0.3 is 0 Å². The molecule has 1 aliphatic carbocycles. The fourth-order valence-electron chi connectivity index (χ4n) is 1.72. The van der Waals surface area contributed by atoms with Crippen molar-refractivity contribution in [2.75, 3.05) is 6.54 Å². The Morgan fingerprint density at radius 2 is 2.43 bits per heavy atom. The van der Waals surface area contributed by atoms with Crippen molar-refractivity contribution in [1.82, 2.24) is 4.90 Å². The number of allylic oxidation sites excluding steroid dienone is 2. The van der Waals surface area contributed by atoms with E-state index in [1.165, 1.54) is 18.2 Å². The first-order chi connectivity index (χ1) is 6.65. The molecule has 0 aromatic rings. The van der Waals surface area contributed by atoms with E-state index in [4.69, 9.17) is 0 Å². The highest BCUT2D eigenvalue weighted by atomic mass is 16.2. The van der Waals surface area contributed by atoms with Crippen molar-refractivity contribution in [1.29, 1.82) is 0 Å². The fourth-order valence-corrected chi connectivity index (χ4v) is 1.72. The Morgan fingerprint density at radius 1 is 1.71 bits per heavy atom. The monoisotopic (exact) mass is 193 g/mol.